The predicted molar refractivity (Wildman–Crippen MR) is 104 cm³/mol. The lowest BCUT2D eigenvalue weighted by atomic mass is 10.0. The number of halogens is 1. The van der Waals surface area contributed by atoms with Gasteiger partial charge >= 0.3 is 11.6 Å². The molecule has 6 heteroatoms. The Labute approximate surface area is 166 Å². The first-order chi connectivity index (χ1) is 14.0. The number of hydrogen-bond donors (Lipinski definition) is 0. The zero-order chi connectivity index (χ0) is 20.4. The fraction of sp³-hybridized carbons (Fsp3) is 0.261. The molecule has 29 heavy (non-hydrogen) atoms. The Kier molecular flexibility index (Phi) is 5.25. The summed E-state index contributed by atoms with van der Waals surface area (Å²) in [6.07, 6.45) is 2.90. The van der Waals surface area contributed by atoms with Crippen molar-refractivity contribution in [2.45, 2.75) is 38.7 Å². The van der Waals surface area contributed by atoms with Crippen LogP contribution in [-0.2, 0) is 29.0 Å². The van der Waals surface area contributed by atoms with E-state index in [0.717, 1.165) is 24.6 Å². The number of ether oxygens (including phenoxy) is 1. The van der Waals surface area contributed by atoms with Gasteiger partial charge in [0, 0.05) is 29.0 Å². The van der Waals surface area contributed by atoms with Gasteiger partial charge in [-0.05, 0) is 66.8 Å². The average molecular weight is 394 g/mol. The highest BCUT2D eigenvalue weighted by molar-refractivity contribution is 5.97. The van der Waals surface area contributed by atoms with Gasteiger partial charge in [0.05, 0.1) is 6.42 Å². The Morgan fingerprint density at radius 3 is 2.48 bits per heavy atom. The van der Waals surface area contributed by atoms with E-state index in [2.05, 4.69) is 0 Å². The Morgan fingerprint density at radius 2 is 1.72 bits per heavy atom. The van der Waals surface area contributed by atoms with E-state index in [-0.39, 0.29) is 25.2 Å². The number of fused-ring (bicyclic) bond motifs is 2. The number of benzene rings is 2. The maximum atomic E-state index is 12.9. The van der Waals surface area contributed by atoms with Crippen LogP contribution in [0.2, 0.25) is 0 Å². The van der Waals surface area contributed by atoms with E-state index in [1.54, 1.807) is 0 Å². The highest BCUT2D eigenvalue weighted by atomic mass is 19.1. The highest BCUT2D eigenvalue weighted by Crippen LogP contribution is 2.28. The molecule has 0 amide bonds. The van der Waals surface area contributed by atoms with Crippen LogP contribution >= 0.6 is 0 Å². The minimum Gasteiger partial charge on any atom is -0.461 e. The first-order valence-electron chi connectivity index (χ1n) is 9.52. The predicted octanol–water partition coefficient (Wildman–Crippen LogP) is 4.13. The summed E-state index contributed by atoms with van der Waals surface area (Å²) in [7, 11) is 0. The standard InChI is InChI=1S/C23H19FO5/c24-18-6-4-14(5-7-18)20(25)8-9-22(26)28-13-17-12-23(27)29-21-11-16-3-1-2-15(16)10-19(17)21/h4-7,10-12H,1-3,8-9,13H2. The topological polar surface area (TPSA) is 73.6 Å². The van der Waals surface area contributed by atoms with E-state index in [0.29, 0.717) is 16.7 Å². The van der Waals surface area contributed by atoms with Crippen LogP contribution in [0.1, 0.15) is 46.3 Å². The summed E-state index contributed by atoms with van der Waals surface area (Å²) in [6, 6.07) is 10.4. The number of hydrogen-bond acceptors (Lipinski definition) is 5. The molecule has 0 atom stereocenters. The largest absolute Gasteiger partial charge is 0.461 e. The molecule has 1 aliphatic carbocycles. The number of ketones is 1. The van der Waals surface area contributed by atoms with Gasteiger partial charge in [-0.1, -0.05) is 0 Å². The van der Waals surface area contributed by atoms with Gasteiger partial charge in [-0.3, -0.25) is 9.59 Å². The van der Waals surface area contributed by atoms with Gasteiger partial charge in [-0.2, -0.15) is 0 Å². The van der Waals surface area contributed by atoms with Crippen LogP contribution < -0.4 is 5.63 Å². The van der Waals surface area contributed by atoms with Crippen LogP contribution in [0, 0.1) is 5.82 Å². The number of esters is 1. The minimum atomic E-state index is -0.539. The molecule has 1 heterocycles. The Bertz CT molecular complexity index is 1140. The van der Waals surface area contributed by atoms with Crippen molar-refractivity contribution in [2.75, 3.05) is 0 Å². The second-order valence-corrected chi connectivity index (χ2v) is 7.15. The third kappa shape index (κ3) is 4.26. The number of carbonyl (C=O) groups excluding carboxylic acids is 2. The molecule has 0 N–H and O–H groups in total. The Hall–Kier alpha value is -3.28. The van der Waals surface area contributed by atoms with E-state index in [1.807, 2.05) is 12.1 Å². The molecular weight excluding hydrogens is 375 g/mol. The number of rotatable bonds is 6. The third-order valence-electron chi connectivity index (χ3n) is 5.15. The van der Waals surface area contributed by atoms with Gasteiger partial charge in [0.1, 0.15) is 18.0 Å². The molecule has 0 bridgehead atoms. The van der Waals surface area contributed by atoms with Crippen molar-refractivity contribution in [3.63, 3.8) is 0 Å². The Morgan fingerprint density at radius 1 is 1.00 bits per heavy atom. The van der Waals surface area contributed by atoms with Crippen LogP contribution in [0.5, 0.6) is 0 Å². The van der Waals surface area contributed by atoms with Gasteiger partial charge in [0.15, 0.2) is 5.78 Å². The summed E-state index contributed by atoms with van der Waals surface area (Å²) in [4.78, 5) is 36.0. The van der Waals surface area contributed by atoms with Crippen LogP contribution in [-0.4, -0.2) is 11.8 Å². The van der Waals surface area contributed by atoms with E-state index < -0.39 is 17.4 Å². The molecular formula is C23H19FO5. The maximum Gasteiger partial charge on any atom is 0.336 e. The molecule has 0 saturated carbocycles. The quantitative estimate of drug-likeness (QED) is 0.357. The van der Waals surface area contributed by atoms with Gasteiger partial charge < -0.3 is 9.15 Å². The van der Waals surface area contributed by atoms with Gasteiger partial charge in [0.2, 0.25) is 0 Å². The van der Waals surface area contributed by atoms with Crippen molar-refractivity contribution < 1.29 is 23.1 Å². The summed E-state index contributed by atoms with van der Waals surface area (Å²) >= 11 is 0. The molecule has 1 aromatic heterocycles. The van der Waals surface area contributed by atoms with Gasteiger partial charge in [-0.25, -0.2) is 9.18 Å². The number of aryl methyl sites for hydroxylation is 2. The van der Waals surface area contributed by atoms with E-state index in [9.17, 15) is 18.8 Å². The fourth-order valence-electron chi connectivity index (χ4n) is 3.64. The monoisotopic (exact) mass is 394 g/mol. The first-order valence-corrected chi connectivity index (χ1v) is 9.52. The van der Waals surface area contributed by atoms with Crippen molar-refractivity contribution in [3.05, 3.63) is 81.0 Å². The summed E-state index contributed by atoms with van der Waals surface area (Å²) in [5, 5.41) is 0.764. The third-order valence-corrected chi connectivity index (χ3v) is 5.15. The molecule has 1 aliphatic rings. The van der Waals surface area contributed by atoms with Gasteiger partial charge in [-0.15, -0.1) is 0 Å². The van der Waals surface area contributed by atoms with Crippen molar-refractivity contribution in [2.24, 2.45) is 0 Å². The number of Topliss-reactive ketones (excluding diaryl/α,β-unsaturated/α-hetero) is 1. The first kappa shape index (κ1) is 19.1. The summed E-state index contributed by atoms with van der Waals surface area (Å²) in [5.74, 6) is -1.22. The molecule has 4 rings (SSSR count). The summed E-state index contributed by atoms with van der Waals surface area (Å²) in [5.41, 5.74) is 3.35. The lowest BCUT2D eigenvalue weighted by molar-refractivity contribution is -0.144. The van der Waals surface area contributed by atoms with Crippen LogP contribution in [0.15, 0.2) is 51.7 Å². The van der Waals surface area contributed by atoms with Gasteiger partial charge in [0.25, 0.3) is 0 Å². The van der Waals surface area contributed by atoms with E-state index in [4.69, 9.17) is 9.15 Å². The number of carbonyl (C=O) groups is 2. The van der Waals surface area contributed by atoms with Crippen LogP contribution in [0.3, 0.4) is 0 Å². The van der Waals surface area contributed by atoms with Crippen molar-refractivity contribution in [1.29, 1.82) is 0 Å². The second kappa shape index (κ2) is 7.99. The second-order valence-electron chi connectivity index (χ2n) is 7.15. The molecule has 0 saturated heterocycles. The van der Waals surface area contributed by atoms with E-state index >= 15 is 0 Å². The van der Waals surface area contributed by atoms with Crippen molar-refractivity contribution in [1.82, 2.24) is 0 Å². The lowest BCUT2D eigenvalue weighted by Crippen LogP contribution is -2.10. The summed E-state index contributed by atoms with van der Waals surface area (Å²) in [6.45, 7) is -0.0650. The average Bonchev–Trinajstić information content (AvgIpc) is 3.16. The molecule has 0 fully saturated rings. The zero-order valence-electron chi connectivity index (χ0n) is 15.7. The van der Waals surface area contributed by atoms with Crippen LogP contribution in [0.25, 0.3) is 11.0 Å². The highest BCUT2D eigenvalue weighted by Gasteiger charge is 2.16. The molecule has 0 spiro atoms. The fourth-order valence-corrected chi connectivity index (χ4v) is 3.64. The lowest BCUT2D eigenvalue weighted by Gasteiger charge is -2.09. The molecule has 2 aromatic carbocycles. The maximum absolute atomic E-state index is 12.9. The molecule has 0 radical (unpaired) electrons. The molecule has 5 nitrogen and oxygen atoms in total. The minimum absolute atomic E-state index is 0.0321. The molecule has 148 valence electrons. The normalized spacial score (nSPS) is 12.7. The molecule has 3 aromatic rings. The van der Waals surface area contributed by atoms with Crippen molar-refractivity contribution in [3.8, 4) is 0 Å². The van der Waals surface area contributed by atoms with Crippen LogP contribution in [0.4, 0.5) is 4.39 Å². The molecule has 0 unspecified atom stereocenters. The van der Waals surface area contributed by atoms with E-state index in [1.165, 1.54) is 41.5 Å². The molecule has 0 aliphatic heterocycles. The van der Waals surface area contributed by atoms with Crippen molar-refractivity contribution >= 4 is 22.7 Å². The summed E-state index contributed by atoms with van der Waals surface area (Å²) < 4.78 is 23.5. The zero-order valence-corrected chi connectivity index (χ0v) is 15.7. The smallest absolute Gasteiger partial charge is 0.336 e. The Balaban J connectivity index is 1.41. The SMILES string of the molecule is O=C(CCC(=O)c1ccc(F)cc1)OCc1cc(=O)oc2cc3c(cc12)CCC3.